The third-order valence-corrected chi connectivity index (χ3v) is 7.52. The second kappa shape index (κ2) is 8.61. The second-order valence-electron chi connectivity index (χ2n) is 8.55. The van der Waals surface area contributed by atoms with Crippen LogP contribution in [0.5, 0.6) is 0 Å². The average Bonchev–Trinajstić information content (AvgIpc) is 3.23. The summed E-state index contributed by atoms with van der Waals surface area (Å²) >= 11 is 1.35. The number of rotatable bonds is 7. The number of carbonyl (C=O) groups excluding carboxylic acids is 1. The Labute approximate surface area is 193 Å². The number of nitrogens with one attached hydrogen (secondary N) is 2. The zero-order chi connectivity index (χ0) is 24.1. The highest BCUT2D eigenvalue weighted by Gasteiger charge is 2.60. The number of benzene rings is 1. The van der Waals surface area contributed by atoms with E-state index in [9.17, 15) is 29.7 Å². The van der Waals surface area contributed by atoms with Crippen molar-refractivity contribution in [1.82, 2.24) is 10.4 Å². The summed E-state index contributed by atoms with van der Waals surface area (Å²) in [5, 5.41) is 45.6. The molecule has 6 N–H and O–H groups in total. The zero-order valence-electron chi connectivity index (χ0n) is 17.9. The maximum atomic E-state index is 12.7. The predicted octanol–water partition coefficient (Wildman–Crippen LogP) is 0.418. The highest BCUT2D eigenvalue weighted by Crippen LogP contribution is 2.51. The number of aliphatic hydroxyl groups is 2. The van der Waals surface area contributed by atoms with E-state index in [1.165, 1.54) is 35.9 Å². The fourth-order valence-corrected chi connectivity index (χ4v) is 5.85. The number of hydroxylamine groups is 2. The summed E-state index contributed by atoms with van der Waals surface area (Å²) in [6, 6.07) is 4.93. The van der Waals surface area contributed by atoms with E-state index in [-0.39, 0.29) is 28.3 Å². The Bertz CT molecular complexity index is 1020. The van der Waals surface area contributed by atoms with Crippen LogP contribution in [0.4, 0.5) is 5.69 Å². The molecule has 0 radical (unpaired) electrons. The quantitative estimate of drug-likeness (QED) is 0.300. The van der Waals surface area contributed by atoms with Gasteiger partial charge in [-0.3, -0.25) is 9.63 Å². The van der Waals surface area contributed by atoms with Gasteiger partial charge in [0.1, 0.15) is 0 Å². The number of aromatic carboxylic acids is 1. The van der Waals surface area contributed by atoms with Gasteiger partial charge >= 0.3 is 11.9 Å². The van der Waals surface area contributed by atoms with Gasteiger partial charge in [-0.25, -0.2) is 14.7 Å². The van der Waals surface area contributed by atoms with Crippen molar-refractivity contribution < 1.29 is 39.6 Å². The molecule has 2 fully saturated rings. The number of carboxylic acids is 2. The molecule has 12 heteroatoms. The number of fused-ring (bicyclic) bond motifs is 1. The molecule has 3 aliphatic rings. The fourth-order valence-electron chi connectivity index (χ4n) is 4.38. The van der Waals surface area contributed by atoms with Gasteiger partial charge in [0.2, 0.25) is 5.91 Å². The number of hydrogen-bond acceptors (Lipinski definition) is 9. The van der Waals surface area contributed by atoms with Gasteiger partial charge in [-0.2, -0.15) is 0 Å². The number of amides is 1. The van der Waals surface area contributed by atoms with Crippen molar-refractivity contribution >= 4 is 35.3 Å². The minimum absolute atomic E-state index is 0.0172. The number of hydrogen-bond donors (Lipinski definition) is 6. The lowest BCUT2D eigenvalue weighted by Gasteiger charge is -2.49. The van der Waals surface area contributed by atoms with Crippen LogP contribution in [0.3, 0.4) is 0 Å². The van der Waals surface area contributed by atoms with E-state index < -0.39 is 35.9 Å². The molecule has 0 unspecified atom stereocenters. The van der Waals surface area contributed by atoms with E-state index in [1.54, 1.807) is 12.1 Å². The van der Waals surface area contributed by atoms with Crippen LogP contribution >= 0.6 is 11.8 Å². The summed E-state index contributed by atoms with van der Waals surface area (Å²) in [6.45, 7) is 3.48. The summed E-state index contributed by atoms with van der Waals surface area (Å²) in [7, 11) is 0. The molecule has 0 bridgehead atoms. The number of anilines is 1. The molecule has 1 aromatic rings. The molecule has 0 saturated carbocycles. The summed E-state index contributed by atoms with van der Waals surface area (Å²) in [4.78, 5) is 41.6. The molecule has 0 aromatic heterocycles. The maximum absolute atomic E-state index is 12.7. The molecule has 0 aliphatic carbocycles. The molecule has 1 amide bonds. The van der Waals surface area contributed by atoms with Crippen molar-refractivity contribution in [1.29, 1.82) is 0 Å². The topological polar surface area (TPSA) is 169 Å². The lowest BCUT2D eigenvalue weighted by molar-refractivity contribution is -0.392. The largest absolute Gasteiger partial charge is 0.478 e. The molecule has 0 spiro atoms. The number of carboxylic acid groups (broad SMARTS) is 2. The van der Waals surface area contributed by atoms with Gasteiger partial charge in [-0.1, -0.05) is 13.0 Å². The molecule has 11 nitrogen and oxygen atoms in total. The molecular formula is C21H25N3O8S. The van der Waals surface area contributed by atoms with Crippen LogP contribution in [-0.4, -0.2) is 79.1 Å². The SMILES string of the molecule is C[C@H]1C(S[C@@H]2CN[C@H](C(=O)Nc3cccc(C(=O)O)c3)C2)=C(C(=O)O)N2O[C@H](C(C)(O)O)[C@H]12. The van der Waals surface area contributed by atoms with Crippen molar-refractivity contribution in [3.05, 3.63) is 40.4 Å². The number of carbonyl (C=O) groups is 3. The Morgan fingerprint density at radius 3 is 2.61 bits per heavy atom. The first-order chi connectivity index (χ1) is 15.5. The van der Waals surface area contributed by atoms with E-state index in [0.29, 0.717) is 23.6 Å². The number of aliphatic carboxylic acids is 1. The molecule has 1 aromatic carbocycles. The average molecular weight is 480 g/mol. The van der Waals surface area contributed by atoms with Gasteiger partial charge in [-0.05, 0) is 31.5 Å². The summed E-state index contributed by atoms with van der Waals surface area (Å²) < 4.78 is 0. The van der Waals surface area contributed by atoms with E-state index >= 15 is 0 Å². The van der Waals surface area contributed by atoms with Crippen LogP contribution in [0, 0.1) is 5.92 Å². The van der Waals surface area contributed by atoms with Crippen LogP contribution in [0.25, 0.3) is 0 Å². The third kappa shape index (κ3) is 4.44. The smallest absolute Gasteiger partial charge is 0.355 e. The van der Waals surface area contributed by atoms with Crippen molar-refractivity contribution in [3.63, 3.8) is 0 Å². The molecule has 3 aliphatic heterocycles. The zero-order valence-corrected chi connectivity index (χ0v) is 18.7. The van der Waals surface area contributed by atoms with E-state index in [4.69, 9.17) is 9.94 Å². The molecule has 178 valence electrons. The van der Waals surface area contributed by atoms with E-state index in [2.05, 4.69) is 10.6 Å². The standard InChI is InChI=1S/C21H25N3O8S/c1-9-14-17(21(2,30)31)32-24(14)15(20(28)29)16(9)33-12-7-13(22-8-12)18(25)23-11-5-3-4-10(6-11)19(26)27/h3-6,9,12-14,17,22,30-31H,7-8H2,1-2H3,(H,23,25)(H,26,27)(H,28,29)/t9-,12+,13+,14+,17+/m1/s1. The first-order valence-electron chi connectivity index (χ1n) is 10.4. The molecule has 3 heterocycles. The van der Waals surface area contributed by atoms with Crippen LogP contribution in [0.2, 0.25) is 0 Å². The van der Waals surface area contributed by atoms with Gasteiger partial charge in [-0.15, -0.1) is 11.8 Å². The summed E-state index contributed by atoms with van der Waals surface area (Å²) in [6.07, 6.45) is -0.507. The minimum atomic E-state index is -2.10. The van der Waals surface area contributed by atoms with Crippen LogP contribution in [0.1, 0.15) is 30.6 Å². The molecule has 2 saturated heterocycles. The van der Waals surface area contributed by atoms with Gasteiger partial charge in [0.25, 0.3) is 0 Å². The lowest BCUT2D eigenvalue weighted by atomic mass is 9.92. The number of nitrogens with zero attached hydrogens (tertiary/aromatic N) is 1. The highest BCUT2D eigenvalue weighted by atomic mass is 32.2. The van der Waals surface area contributed by atoms with Crippen molar-refractivity contribution in [2.24, 2.45) is 5.92 Å². The Morgan fingerprint density at radius 1 is 1.24 bits per heavy atom. The highest BCUT2D eigenvalue weighted by molar-refractivity contribution is 8.03. The monoisotopic (exact) mass is 479 g/mol. The van der Waals surface area contributed by atoms with Crippen LogP contribution < -0.4 is 10.6 Å². The van der Waals surface area contributed by atoms with Gasteiger partial charge in [0.15, 0.2) is 17.6 Å². The van der Waals surface area contributed by atoms with Gasteiger partial charge in [0, 0.05) is 28.3 Å². The Hall–Kier alpha value is -2.64. The van der Waals surface area contributed by atoms with E-state index in [0.717, 1.165) is 0 Å². The second-order valence-corrected chi connectivity index (χ2v) is 9.90. The predicted molar refractivity (Wildman–Crippen MR) is 117 cm³/mol. The Balaban J connectivity index is 1.41. The minimum Gasteiger partial charge on any atom is -0.478 e. The van der Waals surface area contributed by atoms with E-state index in [1.807, 2.05) is 6.92 Å². The van der Waals surface area contributed by atoms with Crippen LogP contribution in [-0.2, 0) is 14.4 Å². The summed E-state index contributed by atoms with van der Waals surface area (Å²) in [5.74, 6) is -4.97. The first kappa shape index (κ1) is 23.5. The molecular weight excluding hydrogens is 454 g/mol. The van der Waals surface area contributed by atoms with Crippen LogP contribution in [0.15, 0.2) is 34.9 Å². The van der Waals surface area contributed by atoms with Gasteiger partial charge in [0.05, 0.1) is 17.6 Å². The first-order valence-corrected chi connectivity index (χ1v) is 11.3. The van der Waals surface area contributed by atoms with Crippen molar-refractivity contribution in [2.45, 2.75) is 49.5 Å². The maximum Gasteiger partial charge on any atom is 0.355 e. The van der Waals surface area contributed by atoms with Crippen molar-refractivity contribution in [2.75, 3.05) is 11.9 Å². The fraction of sp³-hybridized carbons (Fsp3) is 0.476. The van der Waals surface area contributed by atoms with Gasteiger partial charge < -0.3 is 31.1 Å². The molecule has 33 heavy (non-hydrogen) atoms. The summed E-state index contributed by atoms with van der Waals surface area (Å²) in [5.41, 5.74) is 0.425. The third-order valence-electron chi connectivity index (χ3n) is 6.01. The number of thioether (sulfide) groups is 1. The normalized spacial score (nSPS) is 29.0. The Kier molecular flexibility index (Phi) is 6.14. The molecule has 5 atom stereocenters. The molecule has 4 rings (SSSR count). The lowest BCUT2D eigenvalue weighted by Crippen LogP contribution is -2.66. The Morgan fingerprint density at radius 2 is 1.97 bits per heavy atom. The van der Waals surface area contributed by atoms with Crippen molar-refractivity contribution in [3.8, 4) is 0 Å².